The van der Waals surface area contributed by atoms with Crippen molar-refractivity contribution < 1.29 is 4.79 Å². The van der Waals surface area contributed by atoms with Gasteiger partial charge in [0.05, 0.1) is 16.4 Å². The Morgan fingerprint density at radius 2 is 2.15 bits per heavy atom. The van der Waals surface area contributed by atoms with Crippen LogP contribution in [0.15, 0.2) is 0 Å². The monoisotopic (exact) mass is 297 g/mol. The molecule has 1 fully saturated rings. The van der Waals surface area contributed by atoms with Crippen molar-refractivity contribution in [3.05, 3.63) is 16.4 Å². The van der Waals surface area contributed by atoms with Gasteiger partial charge >= 0.3 is 0 Å². The lowest BCUT2D eigenvalue weighted by Gasteiger charge is -2.29. The maximum absolute atomic E-state index is 11.5. The number of rotatable bonds is 4. The molecule has 0 saturated carbocycles. The molecule has 1 aromatic rings. The maximum Gasteiger partial charge on any atom is 0.131 e. The van der Waals surface area contributed by atoms with Gasteiger partial charge in [-0.2, -0.15) is 5.10 Å². The van der Waals surface area contributed by atoms with Crippen LogP contribution in [0.2, 0.25) is 5.02 Å². The van der Waals surface area contributed by atoms with Crippen molar-refractivity contribution in [2.45, 2.75) is 58.5 Å². The Bertz CT molecular complexity index is 484. The van der Waals surface area contributed by atoms with E-state index in [1.54, 1.807) is 6.92 Å². The van der Waals surface area contributed by atoms with E-state index in [-0.39, 0.29) is 5.78 Å². The molecule has 0 radical (unpaired) electrons. The summed E-state index contributed by atoms with van der Waals surface area (Å²) in [6.45, 7) is 5.44. The molecule has 1 atom stereocenters. The minimum atomic E-state index is 0.272. The Hall–Kier alpha value is -0.870. The molecule has 0 aromatic carbocycles. The summed E-state index contributed by atoms with van der Waals surface area (Å²) < 4.78 is 1.87. The Labute approximate surface area is 126 Å². The summed E-state index contributed by atoms with van der Waals surface area (Å²) in [7, 11) is 1.94. The number of hydrogen-bond donors (Lipinski definition) is 0. The summed E-state index contributed by atoms with van der Waals surface area (Å²) in [6.07, 6.45) is 5.42. The summed E-state index contributed by atoms with van der Waals surface area (Å²) in [5.41, 5.74) is 1.93. The van der Waals surface area contributed by atoms with Crippen LogP contribution < -0.4 is 0 Å². The fourth-order valence-electron chi connectivity index (χ4n) is 3.05. The highest BCUT2D eigenvalue weighted by Crippen LogP contribution is 2.26. The number of Topliss-reactive ketones (excluding diaryl/α,β-unsaturated/α-hetero) is 1. The number of hydrogen-bond acceptors (Lipinski definition) is 3. The number of carbonyl (C=O) groups excluding carboxylic acids is 1. The maximum atomic E-state index is 11.5. The molecule has 2 heterocycles. The average Bonchev–Trinajstić information content (AvgIpc) is 2.56. The molecule has 5 heteroatoms. The van der Waals surface area contributed by atoms with Crippen LogP contribution in [0.25, 0.3) is 0 Å². The smallest absolute Gasteiger partial charge is 0.131 e. The molecule has 1 aliphatic rings. The second-order valence-corrected chi connectivity index (χ2v) is 6.23. The van der Waals surface area contributed by atoms with Crippen LogP contribution in [0.1, 0.15) is 50.4 Å². The minimum absolute atomic E-state index is 0.272. The molecule has 1 aliphatic heterocycles. The Morgan fingerprint density at radius 3 is 2.75 bits per heavy atom. The zero-order chi connectivity index (χ0) is 14.7. The lowest BCUT2D eigenvalue weighted by molar-refractivity contribution is -0.118. The van der Waals surface area contributed by atoms with Gasteiger partial charge in [-0.25, -0.2) is 0 Å². The van der Waals surface area contributed by atoms with Gasteiger partial charge in [-0.1, -0.05) is 24.4 Å². The highest BCUT2D eigenvalue weighted by Gasteiger charge is 2.24. The SMILES string of the molecule is CC(=O)CC1CCCCCN1Cc1c(Cl)c(C)nn1C. The minimum Gasteiger partial charge on any atom is -0.300 e. The molecule has 0 aliphatic carbocycles. The van der Waals surface area contributed by atoms with E-state index in [2.05, 4.69) is 10.00 Å². The summed E-state index contributed by atoms with van der Waals surface area (Å²) in [4.78, 5) is 13.9. The first-order valence-corrected chi connectivity index (χ1v) is 7.78. The Morgan fingerprint density at radius 1 is 1.40 bits per heavy atom. The molecule has 112 valence electrons. The van der Waals surface area contributed by atoms with E-state index < -0.39 is 0 Å². The number of aryl methyl sites for hydroxylation is 2. The van der Waals surface area contributed by atoms with Crippen molar-refractivity contribution >= 4 is 17.4 Å². The molecular weight excluding hydrogens is 274 g/mol. The molecule has 2 rings (SSSR count). The largest absolute Gasteiger partial charge is 0.300 e. The van der Waals surface area contributed by atoms with Crippen LogP contribution in [0.4, 0.5) is 0 Å². The van der Waals surface area contributed by atoms with Crippen LogP contribution >= 0.6 is 11.6 Å². The normalized spacial score (nSPS) is 20.9. The van der Waals surface area contributed by atoms with Crippen molar-refractivity contribution in [2.75, 3.05) is 6.54 Å². The van der Waals surface area contributed by atoms with Crippen molar-refractivity contribution in [3.63, 3.8) is 0 Å². The molecule has 0 amide bonds. The predicted molar refractivity (Wildman–Crippen MR) is 80.9 cm³/mol. The van der Waals surface area contributed by atoms with E-state index in [4.69, 9.17) is 11.6 Å². The van der Waals surface area contributed by atoms with Gasteiger partial charge in [0.25, 0.3) is 0 Å². The number of nitrogens with zero attached hydrogens (tertiary/aromatic N) is 3. The third kappa shape index (κ3) is 3.61. The predicted octanol–water partition coefficient (Wildman–Crippen LogP) is 3.11. The van der Waals surface area contributed by atoms with Crippen molar-refractivity contribution in [1.82, 2.24) is 14.7 Å². The van der Waals surface area contributed by atoms with Crippen molar-refractivity contribution in [3.8, 4) is 0 Å². The topological polar surface area (TPSA) is 38.1 Å². The fourth-order valence-corrected chi connectivity index (χ4v) is 3.27. The third-order valence-electron chi connectivity index (χ3n) is 4.14. The molecular formula is C15H24ClN3O. The fraction of sp³-hybridized carbons (Fsp3) is 0.733. The summed E-state index contributed by atoms with van der Waals surface area (Å²) in [5.74, 6) is 0.272. The van der Waals surface area contributed by atoms with Gasteiger partial charge in [-0.15, -0.1) is 0 Å². The molecule has 1 aromatic heterocycles. The summed E-state index contributed by atoms with van der Waals surface area (Å²) in [5, 5.41) is 5.14. The van der Waals surface area contributed by atoms with Gasteiger partial charge in [0.1, 0.15) is 5.78 Å². The standard InChI is InChI=1S/C15H24ClN3O/c1-11(20)9-13-7-5-4-6-8-19(13)10-14-15(16)12(2)17-18(14)3/h13H,4-10H2,1-3H3. The van der Waals surface area contributed by atoms with Crippen LogP contribution in [-0.2, 0) is 18.4 Å². The molecule has 0 N–H and O–H groups in total. The van der Waals surface area contributed by atoms with Gasteiger partial charge in [0.2, 0.25) is 0 Å². The molecule has 1 unspecified atom stereocenters. The van der Waals surface area contributed by atoms with Gasteiger partial charge in [0.15, 0.2) is 0 Å². The van der Waals surface area contributed by atoms with E-state index in [0.29, 0.717) is 12.5 Å². The van der Waals surface area contributed by atoms with E-state index >= 15 is 0 Å². The van der Waals surface area contributed by atoms with Crippen molar-refractivity contribution in [1.29, 1.82) is 0 Å². The quantitative estimate of drug-likeness (QED) is 0.857. The van der Waals surface area contributed by atoms with Gasteiger partial charge in [0, 0.05) is 26.1 Å². The lowest BCUT2D eigenvalue weighted by Crippen LogP contribution is -2.36. The number of halogens is 1. The van der Waals surface area contributed by atoms with Crippen LogP contribution in [0.3, 0.4) is 0 Å². The number of ketones is 1. The second kappa shape index (κ2) is 6.72. The molecule has 4 nitrogen and oxygen atoms in total. The first-order valence-electron chi connectivity index (χ1n) is 7.40. The van der Waals surface area contributed by atoms with Gasteiger partial charge in [-0.3, -0.25) is 14.4 Å². The van der Waals surface area contributed by atoms with Gasteiger partial charge < -0.3 is 0 Å². The zero-order valence-electron chi connectivity index (χ0n) is 12.7. The summed E-state index contributed by atoms with van der Waals surface area (Å²) in [6, 6.07) is 0.348. The number of likely N-dealkylation sites (tertiary alicyclic amines) is 1. The molecule has 20 heavy (non-hydrogen) atoms. The first-order chi connectivity index (χ1) is 9.49. The van der Waals surface area contributed by atoms with E-state index in [1.807, 2.05) is 18.7 Å². The van der Waals surface area contributed by atoms with E-state index in [0.717, 1.165) is 35.9 Å². The second-order valence-electron chi connectivity index (χ2n) is 5.85. The van der Waals surface area contributed by atoms with E-state index in [1.165, 1.54) is 19.3 Å². The third-order valence-corrected chi connectivity index (χ3v) is 4.63. The number of carbonyl (C=O) groups is 1. The Kier molecular flexibility index (Phi) is 5.22. The number of aromatic nitrogens is 2. The highest BCUT2D eigenvalue weighted by atomic mass is 35.5. The first kappa shape index (κ1) is 15.5. The summed E-state index contributed by atoms with van der Waals surface area (Å²) >= 11 is 6.35. The van der Waals surface area contributed by atoms with Crippen LogP contribution in [0, 0.1) is 6.92 Å². The lowest BCUT2D eigenvalue weighted by atomic mass is 10.0. The molecule has 1 saturated heterocycles. The van der Waals surface area contributed by atoms with E-state index in [9.17, 15) is 4.79 Å². The highest BCUT2D eigenvalue weighted by molar-refractivity contribution is 6.31. The van der Waals surface area contributed by atoms with Crippen LogP contribution in [-0.4, -0.2) is 33.1 Å². The molecule has 0 spiro atoms. The Balaban J connectivity index is 2.16. The van der Waals surface area contributed by atoms with Crippen LogP contribution in [0.5, 0.6) is 0 Å². The zero-order valence-corrected chi connectivity index (χ0v) is 13.4. The van der Waals surface area contributed by atoms with Gasteiger partial charge in [-0.05, 0) is 33.2 Å². The average molecular weight is 298 g/mol. The van der Waals surface area contributed by atoms with Crippen molar-refractivity contribution in [2.24, 2.45) is 7.05 Å². The molecule has 0 bridgehead atoms.